The maximum atomic E-state index is 13.3. The number of hydrogen-bond acceptors (Lipinski definition) is 5. The van der Waals surface area contributed by atoms with Gasteiger partial charge in [-0.2, -0.15) is 0 Å². The maximum Gasteiger partial charge on any atom is 0.242 e. The number of nitrogens with zero attached hydrogens (tertiary/aromatic N) is 2. The van der Waals surface area contributed by atoms with Crippen LogP contribution >= 0.6 is 0 Å². The van der Waals surface area contributed by atoms with Gasteiger partial charge in [-0.1, -0.05) is 24.3 Å². The van der Waals surface area contributed by atoms with Gasteiger partial charge in [0.1, 0.15) is 4.75 Å². The third kappa shape index (κ3) is 2.68. The molecule has 1 unspecified atom stereocenters. The molecule has 2 aromatic carbocycles. The molecule has 7 heteroatoms. The van der Waals surface area contributed by atoms with Crippen LogP contribution in [0.25, 0.3) is 0 Å². The molecule has 1 atom stereocenters. The van der Waals surface area contributed by atoms with Crippen LogP contribution in [-0.2, 0) is 16.6 Å². The summed E-state index contributed by atoms with van der Waals surface area (Å²) in [4.78, 5) is 2.24. The molecular formula is C20H22N2O4S. The third-order valence-corrected chi connectivity index (χ3v) is 8.50. The van der Waals surface area contributed by atoms with Gasteiger partial charge < -0.3 is 9.47 Å². The van der Waals surface area contributed by atoms with Crippen molar-refractivity contribution in [2.75, 3.05) is 30.7 Å². The summed E-state index contributed by atoms with van der Waals surface area (Å²) in [6.07, 6.45) is 1.37. The van der Waals surface area contributed by atoms with Crippen molar-refractivity contribution in [2.24, 2.45) is 0 Å². The minimum atomic E-state index is -3.37. The second-order valence-corrected chi connectivity index (χ2v) is 9.75. The van der Waals surface area contributed by atoms with Crippen molar-refractivity contribution in [1.29, 1.82) is 0 Å². The number of sulfonamides is 1. The van der Waals surface area contributed by atoms with Gasteiger partial charge in [0.25, 0.3) is 0 Å². The van der Waals surface area contributed by atoms with E-state index < -0.39 is 14.8 Å². The molecular weight excluding hydrogens is 364 g/mol. The highest BCUT2D eigenvalue weighted by Crippen LogP contribution is 2.43. The van der Waals surface area contributed by atoms with Crippen LogP contribution in [0.4, 0.5) is 5.69 Å². The Balaban J connectivity index is 1.34. The first-order chi connectivity index (χ1) is 13.1. The van der Waals surface area contributed by atoms with Gasteiger partial charge in [-0.3, -0.25) is 9.21 Å². The lowest BCUT2D eigenvalue weighted by Crippen LogP contribution is -2.42. The lowest BCUT2D eigenvalue weighted by molar-refractivity contribution is 0.174. The second kappa shape index (κ2) is 6.14. The van der Waals surface area contributed by atoms with Crippen LogP contribution < -0.4 is 13.8 Å². The first-order valence-electron chi connectivity index (χ1n) is 9.26. The summed E-state index contributed by atoms with van der Waals surface area (Å²) >= 11 is 0. The molecule has 2 saturated heterocycles. The van der Waals surface area contributed by atoms with Crippen LogP contribution in [0, 0.1) is 0 Å². The van der Waals surface area contributed by atoms with Crippen LogP contribution in [-0.4, -0.2) is 44.5 Å². The van der Waals surface area contributed by atoms with E-state index >= 15 is 0 Å². The number of ether oxygens (including phenoxy) is 2. The lowest BCUT2D eigenvalue weighted by atomic mass is 10.0. The standard InChI is InChI=1S/C20H22N2O4S/c23-27(24)20(9-11-22(27)17-4-2-1-3-5-17)8-10-21(14-20)13-16-6-7-18-19(12-16)26-15-25-18/h1-7,12H,8-11,13-15H2. The summed E-state index contributed by atoms with van der Waals surface area (Å²) < 4.78 is 38.4. The molecule has 2 fully saturated rings. The molecule has 3 heterocycles. The van der Waals surface area contributed by atoms with Gasteiger partial charge in [0, 0.05) is 26.2 Å². The van der Waals surface area contributed by atoms with Gasteiger partial charge in [-0.05, 0) is 42.7 Å². The van der Waals surface area contributed by atoms with Crippen LogP contribution in [0.2, 0.25) is 0 Å². The summed E-state index contributed by atoms with van der Waals surface area (Å²) in [5.74, 6) is 1.54. The number of likely N-dealkylation sites (tertiary alicyclic amines) is 1. The van der Waals surface area contributed by atoms with E-state index in [0.29, 0.717) is 25.9 Å². The Kier molecular flexibility index (Phi) is 3.84. The first kappa shape index (κ1) is 16.9. The van der Waals surface area contributed by atoms with E-state index in [-0.39, 0.29) is 6.79 Å². The van der Waals surface area contributed by atoms with Crippen molar-refractivity contribution in [2.45, 2.75) is 24.1 Å². The van der Waals surface area contributed by atoms with Gasteiger partial charge >= 0.3 is 0 Å². The molecule has 5 rings (SSSR count). The molecule has 0 radical (unpaired) electrons. The van der Waals surface area contributed by atoms with Gasteiger partial charge in [0.2, 0.25) is 16.8 Å². The largest absolute Gasteiger partial charge is 0.454 e. The number of rotatable bonds is 3. The maximum absolute atomic E-state index is 13.3. The number of fused-ring (bicyclic) bond motifs is 1. The second-order valence-electron chi connectivity index (χ2n) is 7.49. The highest BCUT2D eigenvalue weighted by atomic mass is 32.2. The Morgan fingerprint density at radius 2 is 1.74 bits per heavy atom. The normalized spacial score (nSPS) is 26.1. The number of hydrogen-bond donors (Lipinski definition) is 0. The summed E-state index contributed by atoms with van der Waals surface area (Å²) in [6.45, 7) is 2.91. The average Bonchev–Trinajstić information content (AvgIpc) is 3.35. The summed E-state index contributed by atoms with van der Waals surface area (Å²) in [7, 11) is -3.37. The van der Waals surface area contributed by atoms with Crippen molar-refractivity contribution < 1.29 is 17.9 Å². The summed E-state index contributed by atoms with van der Waals surface area (Å²) in [5.41, 5.74) is 1.88. The predicted octanol–water partition coefficient (Wildman–Crippen LogP) is 2.60. The van der Waals surface area contributed by atoms with Gasteiger partial charge in [-0.25, -0.2) is 8.42 Å². The molecule has 6 nitrogen and oxygen atoms in total. The Hall–Kier alpha value is -2.25. The molecule has 0 amide bonds. The predicted molar refractivity (Wildman–Crippen MR) is 103 cm³/mol. The summed E-state index contributed by atoms with van der Waals surface area (Å²) in [5, 5.41) is 0. The zero-order chi connectivity index (χ0) is 18.5. The monoisotopic (exact) mass is 386 g/mol. The van der Waals surface area contributed by atoms with Crippen molar-refractivity contribution in [1.82, 2.24) is 4.90 Å². The topological polar surface area (TPSA) is 59.1 Å². The van der Waals surface area contributed by atoms with E-state index in [1.54, 1.807) is 4.31 Å². The van der Waals surface area contributed by atoms with E-state index in [4.69, 9.17) is 9.47 Å². The van der Waals surface area contributed by atoms with Gasteiger partial charge in [0.15, 0.2) is 11.5 Å². The van der Waals surface area contributed by atoms with Crippen molar-refractivity contribution in [3.63, 3.8) is 0 Å². The fraction of sp³-hybridized carbons (Fsp3) is 0.400. The minimum Gasteiger partial charge on any atom is -0.454 e. The number of para-hydroxylation sites is 1. The fourth-order valence-corrected chi connectivity index (χ4v) is 6.67. The average molecular weight is 386 g/mol. The first-order valence-corrected chi connectivity index (χ1v) is 10.7. The van der Waals surface area contributed by atoms with E-state index in [1.807, 2.05) is 48.5 Å². The van der Waals surface area contributed by atoms with Crippen LogP contribution in [0.1, 0.15) is 18.4 Å². The molecule has 2 aromatic rings. The van der Waals surface area contributed by atoms with Gasteiger partial charge in [0.05, 0.1) is 5.69 Å². The third-order valence-electron chi connectivity index (χ3n) is 5.89. The molecule has 0 aromatic heterocycles. The number of benzene rings is 2. The molecule has 0 bridgehead atoms. The Morgan fingerprint density at radius 3 is 2.59 bits per heavy atom. The van der Waals surface area contributed by atoms with E-state index in [9.17, 15) is 8.42 Å². The molecule has 1 spiro atoms. The molecule has 0 saturated carbocycles. The minimum absolute atomic E-state index is 0.263. The molecule has 3 aliphatic heterocycles. The van der Waals surface area contributed by atoms with Gasteiger partial charge in [-0.15, -0.1) is 0 Å². The van der Waals surface area contributed by atoms with E-state index in [1.165, 1.54) is 0 Å². The molecule has 0 N–H and O–H groups in total. The lowest BCUT2D eigenvalue weighted by Gasteiger charge is -2.26. The Morgan fingerprint density at radius 1 is 0.963 bits per heavy atom. The molecule has 27 heavy (non-hydrogen) atoms. The van der Waals surface area contributed by atoms with Crippen LogP contribution in [0.5, 0.6) is 11.5 Å². The fourth-order valence-electron chi connectivity index (χ4n) is 4.42. The molecule has 0 aliphatic carbocycles. The Bertz CT molecular complexity index is 963. The quantitative estimate of drug-likeness (QED) is 0.812. The molecule has 142 valence electrons. The molecule has 3 aliphatic rings. The highest BCUT2D eigenvalue weighted by molar-refractivity contribution is 7.94. The highest BCUT2D eigenvalue weighted by Gasteiger charge is 2.55. The zero-order valence-electron chi connectivity index (χ0n) is 15.0. The number of anilines is 1. The summed E-state index contributed by atoms with van der Waals surface area (Å²) in [6, 6.07) is 15.4. The Labute approximate surface area is 159 Å². The van der Waals surface area contributed by atoms with Crippen molar-refractivity contribution in [3.8, 4) is 11.5 Å². The SMILES string of the molecule is O=S1(=O)N(c2ccccc2)CCC12CCN(Cc1ccc3c(c1)OCO3)C2. The smallest absolute Gasteiger partial charge is 0.242 e. The van der Waals surface area contributed by atoms with E-state index in [2.05, 4.69) is 4.90 Å². The van der Waals surface area contributed by atoms with Crippen molar-refractivity contribution >= 4 is 15.7 Å². The van der Waals surface area contributed by atoms with Crippen LogP contribution in [0.3, 0.4) is 0 Å². The van der Waals surface area contributed by atoms with Crippen LogP contribution in [0.15, 0.2) is 48.5 Å². The van der Waals surface area contributed by atoms with E-state index in [0.717, 1.165) is 35.8 Å². The van der Waals surface area contributed by atoms with Crippen molar-refractivity contribution in [3.05, 3.63) is 54.1 Å². The zero-order valence-corrected chi connectivity index (χ0v) is 15.8.